The zero-order valence-electron chi connectivity index (χ0n) is 9.19. The Hall–Kier alpha value is -0.770. The van der Waals surface area contributed by atoms with E-state index in [4.69, 9.17) is 17.3 Å². The molecule has 4 heteroatoms. The predicted octanol–water partition coefficient (Wildman–Crippen LogP) is 1.97. The molecule has 1 aliphatic rings. The molecule has 0 aromatic heterocycles. The van der Waals surface area contributed by atoms with Crippen molar-refractivity contribution in [3.63, 3.8) is 0 Å². The summed E-state index contributed by atoms with van der Waals surface area (Å²) < 4.78 is 0. The van der Waals surface area contributed by atoms with Crippen molar-refractivity contribution in [2.24, 2.45) is 5.73 Å². The van der Waals surface area contributed by atoms with Crippen molar-refractivity contribution in [2.45, 2.75) is 25.4 Å². The van der Waals surface area contributed by atoms with Gasteiger partial charge in [-0.2, -0.15) is 0 Å². The Morgan fingerprint density at radius 2 is 2.31 bits per heavy atom. The third-order valence-corrected chi connectivity index (χ3v) is 3.26. The molecule has 88 valence electrons. The lowest BCUT2D eigenvalue weighted by atomic mass is 10.1. The molecule has 1 aliphatic heterocycles. The van der Waals surface area contributed by atoms with Gasteiger partial charge in [0.15, 0.2) is 0 Å². The second-order valence-electron chi connectivity index (χ2n) is 4.42. The number of piperidine rings is 1. The molecule has 1 aromatic carbocycles. The van der Waals surface area contributed by atoms with Crippen molar-refractivity contribution in [3.05, 3.63) is 28.8 Å². The van der Waals surface area contributed by atoms with Crippen LogP contribution in [0, 0.1) is 0 Å². The summed E-state index contributed by atoms with van der Waals surface area (Å²) in [5.74, 6) is 0.140. The molecule has 0 radical (unpaired) electrons. The van der Waals surface area contributed by atoms with Crippen LogP contribution in [0.2, 0.25) is 5.02 Å². The van der Waals surface area contributed by atoms with E-state index in [1.54, 1.807) is 6.07 Å². The summed E-state index contributed by atoms with van der Waals surface area (Å²) >= 11 is 5.87. The number of halogens is 1. The molecule has 0 spiro atoms. The maximum atomic E-state index is 9.33. The minimum atomic E-state index is 0.140. The summed E-state index contributed by atoms with van der Waals surface area (Å²) in [6, 6.07) is 5.65. The second kappa shape index (κ2) is 5.04. The first-order chi connectivity index (χ1) is 7.65. The van der Waals surface area contributed by atoms with E-state index < -0.39 is 0 Å². The second-order valence-corrected chi connectivity index (χ2v) is 4.83. The van der Waals surface area contributed by atoms with E-state index in [1.165, 1.54) is 0 Å². The molecule has 16 heavy (non-hydrogen) atoms. The molecule has 0 amide bonds. The van der Waals surface area contributed by atoms with Gasteiger partial charge in [0.2, 0.25) is 0 Å². The molecular weight excluding hydrogens is 224 g/mol. The lowest BCUT2D eigenvalue weighted by Crippen LogP contribution is -2.42. The van der Waals surface area contributed by atoms with Gasteiger partial charge >= 0.3 is 0 Å². The Morgan fingerprint density at radius 3 is 3.00 bits per heavy atom. The van der Waals surface area contributed by atoms with Crippen LogP contribution in [0.5, 0.6) is 5.75 Å². The van der Waals surface area contributed by atoms with E-state index in [2.05, 4.69) is 4.90 Å². The number of phenolic OH excluding ortho intramolecular Hbond substituents is 1. The average molecular weight is 241 g/mol. The van der Waals surface area contributed by atoms with Crippen molar-refractivity contribution < 1.29 is 5.11 Å². The number of hydrogen-bond acceptors (Lipinski definition) is 3. The molecule has 2 rings (SSSR count). The van der Waals surface area contributed by atoms with Crippen LogP contribution in [-0.4, -0.2) is 29.1 Å². The van der Waals surface area contributed by atoms with E-state index >= 15 is 0 Å². The zero-order valence-corrected chi connectivity index (χ0v) is 9.95. The van der Waals surface area contributed by atoms with Crippen molar-refractivity contribution in [2.75, 3.05) is 13.1 Å². The summed E-state index contributed by atoms with van der Waals surface area (Å²) in [6.07, 6.45) is 2.28. The third kappa shape index (κ3) is 2.88. The number of hydrogen-bond donors (Lipinski definition) is 2. The van der Waals surface area contributed by atoms with Gasteiger partial charge in [-0.1, -0.05) is 17.7 Å². The smallest absolute Gasteiger partial charge is 0.134 e. The van der Waals surface area contributed by atoms with Crippen molar-refractivity contribution in [1.82, 2.24) is 4.90 Å². The molecule has 0 saturated carbocycles. The standard InChI is InChI=1S/C12H17ClN2O/c13-11-6-9(3-4-12(11)16)7-15-5-1-2-10(14)8-15/h3-4,6,10,16H,1-2,5,7-8,14H2. The van der Waals surface area contributed by atoms with Gasteiger partial charge in [-0.05, 0) is 37.1 Å². The molecule has 0 aliphatic carbocycles. The van der Waals surface area contributed by atoms with Crippen molar-refractivity contribution >= 4 is 11.6 Å². The number of rotatable bonds is 2. The number of benzene rings is 1. The number of phenols is 1. The van der Waals surface area contributed by atoms with Gasteiger partial charge in [0, 0.05) is 19.1 Å². The predicted molar refractivity (Wildman–Crippen MR) is 65.6 cm³/mol. The Kier molecular flexibility index (Phi) is 3.69. The Bertz CT molecular complexity index is 370. The molecule has 1 saturated heterocycles. The fraction of sp³-hybridized carbons (Fsp3) is 0.500. The molecule has 0 bridgehead atoms. The number of likely N-dealkylation sites (tertiary alicyclic amines) is 1. The van der Waals surface area contributed by atoms with E-state index in [-0.39, 0.29) is 5.75 Å². The lowest BCUT2D eigenvalue weighted by Gasteiger charge is -2.30. The highest BCUT2D eigenvalue weighted by molar-refractivity contribution is 6.32. The number of nitrogens with zero attached hydrogens (tertiary/aromatic N) is 1. The van der Waals surface area contributed by atoms with Crippen molar-refractivity contribution in [1.29, 1.82) is 0 Å². The zero-order chi connectivity index (χ0) is 11.5. The maximum Gasteiger partial charge on any atom is 0.134 e. The number of nitrogens with two attached hydrogens (primary N) is 1. The van der Waals surface area contributed by atoms with E-state index in [0.717, 1.165) is 38.0 Å². The van der Waals surface area contributed by atoms with Gasteiger partial charge in [0.25, 0.3) is 0 Å². The van der Waals surface area contributed by atoms with Crippen molar-refractivity contribution in [3.8, 4) is 5.75 Å². The Labute approximate surface area is 101 Å². The topological polar surface area (TPSA) is 49.5 Å². The van der Waals surface area contributed by atoms with Gasteiger partial charge in [-0.3, -0.25) is 4.90 Å². The van der Waals surface area contributed by atoms with Crippen LogP contribution in [0.25, 0.3) is 0 Å². The Morgan fingerprint density at radius 1 is 1.50 bits per heavy atom. The fourth-order valence-electron chi connectivity index (χ4n) is 2.14. The highest BCUT2D eigenvalue weighted by atomic mass is 35.5. The van der Waals surface area contributed by atoms with Crippen LogP contribution in [0.1, 0.15) is 18.4 Å². The summed E-state index contributed by atoms with van der Waals surface area (Å²) in [6.45, 7) is 2.89. The van der Waals surface area contributed by atoms with Gasteiger partial charge in [-0.25, -0.2) is 0 Å². The molecule has 1 fully saturated rings. The quantitative estimate of drug-likeness (QED) is 0.831. The maximum absolute atomic E-state index is 9.33. The minimum absolute atomic E-state index is 0.140. The van der Waals surface area contributed by atoms with Crippen LogP contribution in [0.4, 0.5) is 0 Å². The largest absolute Gasteiger partial charge is 0.506 e. The lowest BCUT2D eigenvalue weighted by molar-refractivity contribution is 0.201. The van der Waals surface area contributed by atoms with Gasteiger partial charge < -0.3 is 10.8 Å². The van der Waals surface area contributed by atoms with Crippen LogP contribution in [-0.2, 0) is 6.54 Å². The summed E-state index contributed by atoms with van der Waals surface area (Å²) in [5.41, 5.74) is 7.05. The van der Waals surface area contributed by atoms with Crippen LogP contribution >= 0.6 is 11.6 Å². The van der Waals surface area contributed by atoms with Gasteiger partial charge in [-0.15, -0.1) is 0 Å². The molecule has 3 nitrogen and oxygen atoms in total. The fourth-order valence-corrected chi connectivity index (χ4v) is 2.35. The van der Waals surface area contributed by atoms with Gasteiger partial charge in [0.05, 0.1) is 5.02 Å². The number of aromatic hydroxyl groups is 1. The molecular formula is C12H17ClN2O. The molecule has 1 aromatic rings. The summed E-state index contributed by atoms with van der Waals surface area (Å²) in [7, 11) is 0. The highest BCUT2D eigenvalue weighted by Gasteiger charge is 2.16. The molecule has 3 N–H and O–H groups in total. The average Bonchev–Trinajstić information content (AvgIpc) is 2.24. The SMILES string of the molecule is NC1CCCN(Cc2ccc(O)c(Cl)c2)C1. The minimum Gasteiger partial charge on any atom is -0.506 e. The summed E-state index contributed by atoms with van der Waals surface area (Å²) in [5, 5.41) is 9.74. The highest BCUT2D eigenvalue weighted by Crippen LogP contribution is 2.24. The molecule has 1 atom stereocenters. The van der Waals surface area contributed by atoms with Crippen LogP contribution in [0.3, 0.4) is 0 Å². The van der Waals surface area contributed by atoms with Gasteiger partial charge in [0.1, 0.15) is 5.75 Å². The summed E-state index contributed by atoms with van der Waals surface area (Å²) in [4.78, 5) is 2.33. The molecule has 1 unspecified atom stereocenters. The van der Waals surface area contributed by atoms with Crippen LogP contribution < -0.4 is 5.73 Å². The third-order valence-electron chi connectivity index (χ3n) is 2.96. The molecule has 1 heterocycles. The first-order valence-electron chi connectivity index (χ1n) is 5.60. The van der Waals surface area contributed by atoms with Crippen LogP contribution in [0.15, 0.2) is 18.2 Å². The Balaban J connectivity index is 2.00. The first-order valence-corrected chi connectivity index (χ1v) is 5.98. The monoisotopic (exact) mass is 240 g/mol. The first kappa shape index (κ1) is 11.7. The van der Waals surface area contributed by atoms with E-state index in [1.807, 2.05) is 12.1 Å². The van der Waals surface area contributed by atoms with E-state index in [0.29, 0.717) is 11.1 Å². The normalized spacial score (nSPS) is 22.2. The van der Waals surface area contributed by atoms with E-state index in [9.17, 15) is 5.11 Å².